The normalized spacial score (nSPS) is 13.4. The van der Waals surface area contributed by atoms with Crippen LogP contribution in [0.15, 0.2) is 60.7 Å². The van der Waals surface area contributed by atoms with Crippen molar-refractivity contribution >= 4 is 22.9 Å². The van der Waals surface area contributed by atoms with Gasteiger partial charge in [0.2, 0.25) is 16.9 Å². The third kappa shape index (κ3) is 1.86. The highest BCUT2D eigenvalue weighted by molar-refractivity contribution is 6.01. The fourth-order valence-corrected chi connectivity index (χ4v) is 2.75. The highest BCUT2D eigenvalue weighted by Gasteiger charge is 2.28. The maximum atomic E-state index is 12.2. The van der Waals surface area contributed by atoms with Gasteiger partial charge in [-0.3, -0.25) is 4.79 Å². The lowest BCUT2D eigenvalue weighted by Crippen LogP contribution is -2.38. The fourth-order valence-electron chi connectivity index (χ4n) is 2.75. The van der Waals surface area contributed by atoms with Gasteiger partial charge in [0.15, 0.2) is 11.5 Å². The minimum Gasteiger partial charge on any atom is -0.292 e. The van der Waals surface area contributed by atoms with Crippen LogP contribution < -0.4 is 4.57 Å². The standard InChI is InChI=1S/C18H13N2O/c21-17-12-6-11-16-18(17)19-14-9-4-5-10-15(14)20(16)13-7-2-1-3-8-13/h1-11H,12H2/q+1. The van der Waals surface area contributed by atoms with Gasteiger partial charge < -0.3 is 0 Å². The van der Waals surface area contributed by atoms with Gasteiger partial charge in [-0.25, -0.2) is 4.98 Å². The average Bonchev–Trinajstić information content (AvgIpc) is 2.54. The summed E-state index contributed by atoms with van der Waals surface area (Å²) in [4.78, 5) is 16.7. The predicted molar refractivity (Wildman–Crippen MR) is 81.3 cm³/mol. The Balaban J connectivity index is 2.17. The molecule has 0 saturated carbocycles. The van der Waals surface area contributed by atoms with Gasteiger partial charge >= 0.3 is 0 Å². The molecule has 0 saturated heterocycles. The van der Waals surface area contributed by atoms with Crippen LogP contribution >= 0.6 is 0 Å². The van der Waals surface area contributed by atoms with Crippen LogP contribution in [0.25, 0.3) is 22.8 Å². The third-order valence-corrected chi connectivity index (χ3v) is 3.70. The van der Waals surface area contributed by atoms with Crippen molar-refractivity contribution in [3.8, 4) is 5.69 Å². The van der Waals surface area contributed by atoms with Crippen molar-refractivity contribution in [2.24, 2.45) is 0 Å². The molecule has 0 radical (unpaired) electrons. The Bertz CT molecular complexity index is 882. The maximum Gasteiger partial charge on any atom is 0.240 e. The van der Waals surface area contributed by atoms with E-state index in [1.165, 1.54) is 0 Å². The Morgan fingerprint density at radius 3 is 2.57 bits per heavy atom. The third-order valence-electron chi connectivity index (χ3n) is 3.70. The van der Waals surface area contributed by atoms with E-state index in [1.54, 1.807) is 0 Å². The number of aromatic nitrogens is 2. The van der Waals surface area contributed by atoms with Crippen molar-refractivity contribution in [3.63, 3.8) is 0 Å². The number of nitrogens with zero attached hydrogens (tertiary/aromatic N) is 2. The minimum atomic E-state index is 0.0722. The number of para-hydroxylation sites is 3. The SMILES string of the molecule is O=C1CC=Cc2c1nc1ccccc1[n+]2-c1ccccc1. The van der Waals surface area contributed by atoms with Gasteiger partial charge in [0.25, 0.3) is 0 Å². The van der Waals surface area contributed by atoms with Gasteiger partial charge in [-0.05, 0) is 6.07 Å². The Kier molecular flexibility index (Phi) is 2.64. The number of fused-ring (bicyclic) bond motifs is 2. The quantitative estimate of drug-likeness (QED) is 0.638. The average molecular weight is 273 g/mol. The van der Waals surface area contributed by atoms with Crippen molar-refractivity contribution in [3.05, 3.63) is 72.1 Å². The van der Waals surface area contributed by atoms with Crippen molar-refractivity contribution < 1.29 is 9.36 Å². The van der Waals surface area contributed by atoms with Gasteiger partial charge in [0.1, 0.15) is 5.52 Å². The van der Waals surface area contributed by atoms with Crippen molar-refractivity contribution in [2.45, 2.75) is 6.42 Å². The topological polar surface area (TPSA) is 33.8 Å². The van der Waals surface area contributed by atoms with Crippen molar-refractivity contribution in [1.29, 1.82) is 0 Å². The van der Waals surface area contributed by atoms with Crippen molar-refractivity contribution in [1.82, 2.24) is 4.98 Å². The molecule has 0 fully saturated rings. The number of ketones is 1. The van der Waals surface area contributed by atoms with Gasteiger partial charge in [0, 0.05) is 30.7 Å². The number of allylic oxidation sites excluding steroid dienone is 1. The van der Waals surface area contributed by atoms with E-state index < -0.39 is 0 Å². The molecule has 1 aliphatic rings. The van der Waals surface area contributed by atoms with E-state index in [2.05, 4.69) is 9.55 Å². The summed E-state index contributed by atoms with van der Waals surface area (Å²) in [6.07, 6.45) is 4.32. The lowest BCUT2D eigenvalue weighted by molar-refractivity contribution is -0.570. The van der Waals surface area contributed by atoms with Gasteiger partial charge in [-0.1, -0.05) is 36.4 Å². The van der Waals surface area contributed by atoms with E-state index in [9.17, 15) is 4.79 Å². The number of benzene rings is 2. The Labute approximate surface area is 122 Å². The fraction of sp³-hybridized carbons (Fsp3) is 0.0556. The van der Waals surface area contributed by atoms with Gasteiger partial charge in [0.05, 0.1) is 0 Å². The second-order valence-corrected chi connectivity index (χ2v) is 5.03. The van der Waals surface area contributed by atoms with Crippen LogP contribution in [0.4, 0.5) is 0 Å². The van der Waals surface area contributed by atoms with Crippen molar-refractivity contribution in [2.75, 3.05) is 0 Å². The molecule has 0 atom stereocenters. The van der Waals surface area contributed by atoms with Crippen LogP contribution in [-0.4, -0.2) is 10.8 Å². The van der Waals surface area contributed by atoms with E-state index in [0.29, 0.717) is 12.1 Å². The minimum absolute atomic E-state index is 0.0722. The molecule has 1 aliphatic carbocycles. The molecule has 3 heteroatoms. The summed E-state index contributed by atoms with van der Waals surface area (Å²) in [5.74, 6) is 0.0722. The van der Waals surface area contributed by atoms with E-state index in [0.717, 1.165) is 22.4 Å². The smallest absolute Gasteiger partial charge is 0.240 e. The first-order valence-electron chi connectivity index (χ1n) is 6.94. The van der Waals surface area contributed by atoms with E-state index in [1.807, 2.05) is 66.7 Å². The van der Waals surface area contributed by atoms with E-state index in [4.69, 9.17) is 0 Å². The zero-order valence-corrected chi connectivity index (χ0v) is 11.4. The molecule has 3 aromatic rings. The molecule has 21 heavy (non-hydrogen) atoms. The predicted octanol–water partition coefficient (Wildman–Crippen LogP) is 3.11. The number of hydrogen-bond acceptors (Lipinski definition) is 2. The summed E-state index contributed by atoms with van der Waals surface area (Å²) in [6, 6.07) is 18.0. The first-order valence-corrected chi connectivity index (χ1v) is 6.94. The van der Waals surface area contributed by atoms with E-state index >= 15 is 0 Å². The monoisotopic (exact) mass is 273 g/mol. The van der Waals surface area contributed by atoms with Crippen LogP contribution in [0, 0.1) is 0 Å². The molecule has 0 bridgehead atoms. The highest BCUT2D eigenvalue weighted by atomic mass is 16.1. The molecule has 1 heterocycles. The molecule has 4 rings (SSSR count). The molecule has 3 nitrogen and oxygen atoms in total. The summed E-state index contributed by atoms with van der Waals surface area (Å²) >= 11 is 0. The molecule has 1 aromatic heterocycles. The molecular weight excluding hydrogens is 260 g/mol. The largest absolute Gasteiger partial charge is 0.292 e. The second kappa shape index (κ2) is 4.63. The van der Waals surface area contributed by atoms with Crippen LogP contribution in [-0.2, 0) is 0 Å². The molecular formula is C18H13N2O+. The van der Waals surface area contributed by atoms with Crippen LogP contribution in [0.2, 0.25) is 0 Å². The molecule has 2 aromatic carbocycles. The number of rotatable bonds is 1. The summed E-state index contributed by atoms with van der Waals surface area (Å²) < 4.78 is 2.10. The Hall–Kier alpha value is -2.81. The number of carbonyl (C=O) groups excluding carboxylic acids is 1. The molecule has 100 valence electrons. The molecule has 0 amide bonds. The van der Waals surface area contributed by atoms with Crippen LogP contribution in [0.5, 0.6) is 0 Å². The van der Waals surface area contributed by atoms with Crippen LogP contribution in [0.1, 0.15) is 22.6 Å². The summed E-state index contributed by atoms with van der Waals surface area (Å²) in [5.41, 5.74) is 4.29. The number of hydrogen-bond donors (Lipinski definition) is 0. The molecule has 0 aliphatic heterocycles. The lowest BCUT2D eigenvalue weighted by atomic mass is 10.0. The van der Waals surface area contributed by atoms with E-state index in [-0.39, 0.29) is 5.78 Å². The summed E-state index contributed by atoms with van der Waals surface area (Å²) in [7, 11) is 0. The number of Topliss-reactive ketones (excluding diaryl/α,β-unsaturated/α-hetero) is 1. The van der Waals surface area contributed by atoms with Gasteiger partial charge in [-0.2, -0.15) is 0 Å². The summed E-state index contributed by atoms with van der Waals surface area (Å²) in [5, 5.41) is 0. The van der Waals surface area contributed by atoms with Crippen LogP contribution in [0.3, 0.4) is 0 Å². The summed E-state index contributed by atoms with van der Waals surface area (Å²) in [6.45, 7) is 0. The molecule has 0 N–H and O–H groups in total. The first-order chi connectivity index (χ1) is 10.3. The lowest BCUT2D eigenvalue weighted by Gasteiger charge is -2.10. The van der Waals surface area contributed by atoms with Gasteiger partial charge in [-0.15, -0.1) is 4.57 Å². The first kappa shape index (κ1) is 12.0. The zero-order valence-electron chi connectivity index (χ0n) is 11.4. The zero-order chi connectivity index (χ0) is 14.2. The number of carbonyl (C=O) groups is 1. The highest BCUT2D eigenvalue weighted by Crippen LogP contribution is 2.20. The maximum absolute atomic E-state index is 12.2. The molecule has 0 spiro atoms. The second-order valence-electron chi connectivity index (χ2n) is 5.03. The molecule has 0 unspecified atom stereocenters. The Morgan fingerprint density at radius 1 is 0.952 bits per heavy atom. The Morgan fingerprint density at radius 2 is 1.71 bits per heavy atom.